The van der Waals surface area contributed by atoms with Gasteiger partial charge in [0.15, 0.2) is 0 Å². The predicted octanol–water partition coefficient (Wildman–Crippen LogP) is 5.26. The van der Waals surface area contributed by atoms with E-state index in [2.05, 4.69) is 10.2 Å². The van der Waals surface area contributed by atoms with Crippen LogP contribution in [0, 0.1) is 5.41 Å². The molecule has 0 fully saturated rings. The monoisotopic (exact) mass is 342 g/mol. The van der Waals surface area contributed by atoms with E-state index in [1.54, 1.807) is 36.4 Å². The highest BCUT2D eigenvalue weighted by Crippen LogP contribution is 2.29. The lowest BCUT2D eigenvalue weighted by atomic mass is 10.1. The van der Waals surface area contributed by atoms with Gasteiger partial charge in [-0.2, -0.15) is 5.11 Å². The molecule has 3 aromatic rings. The summed E-state index contributed by atoms with van der Waals surface area (Å²) in [5, 5.41) is 25.6. The molecule has 5 heteroatoms. The number of aromatic hydroxyl groups is 1. The molecule has 0 aliphatic rings. The van der Waals surface area contributed by atoms with E-state index >= 15 is 0 Å². The van der Waals surface area contributed by atoms with Crippen LogP contribution in [-0.4, -0.2) is 10.9 Å². The Labute approximate surface area is 151 Å². The molecule has 5 nitrogen and oxygen atoms in total. The fraction of sp³-hybridized carbons (Fsp3) is 0. The normalized spacial score (nSPS) is 11.2. The molecule has 0 aliphatic carbocycles. The second kappa shape index (κ2) is 7.90. The minimum Gasteiger partial charge on any atom is -0.506 e. The number of nitrogen functional groups attached to an aromatic ring is 1. The molecule has 0 bridgehead atoms. The summed E-state index contributed by atoms with van der Waals surface area (Å²) in [6.45, 7) is 0. The lowest BCUT2D eigenvalue weighted by Gasteiger charge is -2.01. The van der Waals surface area contributed by atoms with Gasteiger partial charge in [-0.05, 0) is 47.5 Å². The molecular weight excluding hydrogens is 324 g/mol. The molecule has 128 valence electrons. The van der Waals surface area contributed by atoms with Gasteiger partial charge >= 0.3 is 0 Å². The Balaban J connectivity index is 1.79. The number of rotatable bonds is 5. The van der Waals surface area contributed by atoms with E-state index in [4.69, 9.17) is 11.1 Å². The zero-order valence-corrected chi connectivity index (χ0v) is 14.0. The van der Waals surface area contributed by atoms with E-state index < -0.39 is 0 Å². The molecule has 0 heterocycles. The van der Waals surface area contributed by atoms with Crippen LogP contribution in [0.1, 0.15) is 16.7 Å². The SMILES string of the molecule is N=C(N)c1ccc(N=Nc2cc(C=Cc3ccccc3)ccc2O)cc1. The molecule has 0 aliphatic heterocycles. The van der Waals surface area contributed by atoms with Gasteiger partial charge in [-0.25, -0.2) is 0 Å². The quantitative estimate of drug-likeness (QED) is 0.255. The summed E-state index contributed by atoms with van der Waals surface area (Å²) in [4.78, 5) is 0. The van der Waals surface area contributed by atoms with E-state index in [1.807, 2.05) is 48.6 Å². The van der Waals surface area contributed by atoms with Crippen LogP contribution >= 0.6 is 0 Å². The fourth-order valence-electron chi connectivity index (χ4n) is 2.30. The van der Waals surface area contributed by atoms with E-state index in [0.29, 0.717) is 16.9 Å². The summed E-state index contributed by atoms with van der Waals surface area (Å²) in [6.07, 6.45) is 3.95. The minimum absolute atomic E-state index is 0.00374. The second-order valence-electron chi connectivity index (χ2n) is 5.65. The van der Waals surface area contributed by atoms with Gasteiger partial charge in [0.1, 0.15) is 17.3 Å². The van der Waals surface area contributed by atoms with Crippen molar-refractivity contribution in [1.29, 1.82) is 5.41 Å². The molecule has 3 aromatic carbocycles. The number of hydrogen-bond acceptors (Lipinski definition) is 4. The van der Waals surface area contributed by atoms with Crippen molar-refractivity contribution in [2.45, 2.75) is 0 Å². The summed E-state index contributed by atoms with van der Waals surface area (Å²) >= 11 is 0. The van der Waals surface area contributed by atoms with Gasteiger partial charge in [-0.15, -0.1) is 5.11 Å². The molecule has 0 unspecified atom stereocenters. The molecule has 0 radical (unpaired) electrons. The number of benzene rings is 3. The van der Waals surface area contributed by atoms with Gasteiger partial charge in [0.05, 0.1) is 5.69 Å². The second-order valence-corrected chi connectivity index (χ2v) is 5.65. The number of nitrogens with two attached hydrogens (primary N) is 1. The summed E-state index contributed by atoms with van der Waals surface area (Å²) in [6, 6.07) is 22.0. The maximum Gasteiger partial charge on any atom is 0.143 e. The number of phenolic OH excluding ortho intramolecular Hbond substituents is 1. The molecule has 4 N–H and O–H groups in total. The van der Waals surface area contributed by atoms with Crippen LogP contribution in [0.4, 0.5) is 11.4 Å². The molecule has 3 rings (SSSR count). The third-order valence-electron chi connectivity index (χ3n) is 3.72. The lowest BCUT2D eigenvalue weighted by molar-refractivity contribution is 0.476. The van der Waals surface area contributed by atoms with Crippen molar-refractivity contribution >= 4 is 29.4 Å². The van der Waals surface area contributed by atoms with E-state index in [-0.39, 0.29) is 11.6 Å². The summed E-state index contributed by atoms with van der Waals surface area (Å²) in [5.41, 5.74) is 9.05. The van der Waals surface area contributed by atoms with Gasteiger partial charge < -0.3 is 10.8 Å². The molecule has 0 saturated carbocycles. The molecule has 0 saturated heterocycles. The van der Waals surface area contributed by atoms with Crippen molar-refractivity contribution < 1.29 is 5.11 Å². The summed E-state index contributed by atoms with van der Waals surface area (Å²) in [7, 11) is 0. The Bertz CT molecular complexity index is 961. The Morgan fingerprint density at radius 1 is 0.846 bits per heavy atom. The maximum atomic E-state index is 9.99. The molecule has 0 aromatic heterocycles. The van der Waals surface area contributed by atoms with Gasteiger partial charge in [-0.3, -0.25) is 5.41 Å². The number of phenols is 1. The number of hydrogen-bond donors (Lipinski definition) is 3. The minimum atomic E-state index is 0.00374. The van der Waals surface area contributed by atoms with Crippen molar-refractivity contribution in [2.75, 3.05) is 0 Å². The van der Waals surface area contributed by atoms with Crippen molar-refractivity contribution in [3.63, 3.8) is 0 Å². The van der Waals surface area contributed by atoms with E-state index in [0.717, 1.165) is 11.1 Å². The first-order valence-corrected chi connectivity index (χ1v) is 8.04. The fourth-order valence-corrected chi connectivity index (χ4v) is 2.30. The van der Waals surface area contributed by atoms with Crippen LogP contribution in [-0.2, 0) is 0 Å². The lowest BCUT2D eigenvalue weighted by Crippen LogP contribution is -2.10. The summed E-state index contributed by atoms with van der Waals surface area (Å²) in [5.74, 6) is 0.0648. The first-order valence-electron chi connectivity index (χ1n) is 8.04. The highest BCUT2D eigenvalue weighted by Gasteiger charge is 2.01. The molecular formula is C21H18N4O. The van der Waals surface area contributed by atoms with E-state index in [9.17, 15) is 5.11 Å². The highest BCUT2D eigenvalue weighted by atomic mass is 16.3. The van der Waals surface area contributed by atoms with Crippen molar-refractivity contribution in [2.24, 2.45) is 16.0 Å². The van der Waals surface area contributed by atoms with Crippen LogP contribution in [0.2, 0.25) is 0 Å². The standard InChI is InChI=1S/C21H18N4O/c22-21(23)17-9-11-18(12-10-17)24-25-19-14-16(8-13-20(19)26)7-6-15-4-2-1-3-5-15/h1-14,26H,(H3,22,23). The van der Waals surface area contributed by atoms with Crippen molar-refractivity contribution in [3.8, 4) is 5.75 Å². The van der Waals surface area contributed by atoms with Crippen molar-refractivity contribution in [1.82, 2.24) is 0 Å². The average molecular weight is 342 g/mol. The Kier molecular flexibility index (Phi) is 5.19. The number of amidine groups is 1. The number of nitrogens with zero attached hydrogens (tertiary/aromatic N) is 2. The number of azo groups is 1. The van der Waals surface area contributed by atoms with Crippen LogP contribution in [0.15, 0.2) is 83.0 Å². The van der Waals surface area contributed by atoms with Crippen LogP contribution in [0.25, 0.3) is 12.2 Å². The zero-order valence-electron chi connectivity index (χ0n) is 14.0. The third-order valence-corrected chi connectivity index (χ3v) is 3.72. The van der Waals surface area contributed by atoms with Gasteiger partial charge in [0.2, 0.25) is 0 Å². The Hall–Kier alpha value is -3.73. The van der Waals surface area contributed by atoms with E-state index in [1.165, 1.54) is 0 Å². The topological polar surface area (TPSA) is 94.8 Å². The van der Waals surface area contributed by atoms with Gasteiger partial charge in [0.25, 0.3) is 0 Å². The van der Waals surface area contributed by atoms with Crippen molar-refractivity contribution in [3.05, 3.63) is 89.5 Å². The number of nitrogens with one attached hydrogen (secondary N) is 1. The average Bonchev–Trinajstić information content (AvgIpc) is 2.67. The first kappa shape index (κ1) is 17.1. The van der Waals surface area contributed by atoms with Crippen LogP contribution in [0.5, 0.6) is 5.75 Å². The zero-order chi connectivity index (χ0) is 18.4. The van der Waals surface area contributed by atoms with Crippen LogP contribution < -0.4 is 5.73 Å². The molecule has 0 atom stereocenters. The van der Waals surface area contributed by atoms with Gasteiger partial charge in [0, 0.05) is 5.56 Å². The molecule has 0 spiro atoms. The smallest absolute Gasteiger partial charge is 0.143 e. The highest BCUT2D eigenvalue weighted by molar-refractivity contribution is 5.95. The maximum absolute atomic E-state index is 9.99. The third kappa shape index (κ3) is 4.42. The van der Waals surface area contributed by atoms with Crippen LogP contribution in [0.3, 0.4) is 0 Å². The molecule has 26 heavy (non-hydrogen) atoms. The molecule has 0 amide bonds. The Morgan fingerprint density at radius 2 is 1.54 bits per heavy atom. The summed E-state index contributed by atoms with van der Waals surface area (Å²) < 4.78 is 0. The largest absolute Gasteiger partial charge is 0.506 e. The first-order chi connectivity index (χ1) is 12.6. The predicted molar refractivity (Wildman–Crippen MR) is 105 cm³/mol. The Morgan fingerprint density at radius 3 is 2.23 bits per heavy atom. The van der Waals surface area contributed by atoms with Gasteiger partial charge in [-0.1, -0.05) is 48.6 Å².